The predicted molar refractivity (Wildman–Crippen MR) is 151 cm³/mol. The van der Waals surface area contributed by atoms with E-state index >= 15 is 0 Å². The summed E-state index contributed by atoms with van der Waals surface area (Å²) in [5, 5.41) is 0.412. The Bertz CT molecular complexity index is 1360. The average molecular weight is 517 g/mol. The van der Waals surface area contributed by atoms with E-state index in [1.165, 1.54) is 5.57 Å². The number of carbonyl (C=O) groups is 1. The van der Waals surface area contributed by atoms with Crippen molar-refractivity contribution in [2.24, 2.45) is 0 Å². The minimum absolute atomic E-state index is 0.0111. The van der Waals surface area contributed by atoms with Crippen LogP contribution in [0, 0.1) is 0 Å². The summed E-state index contributed by atoms with van der Waals surface area (Å²) in [7, 11) is 0. The number of hydrogen-bond donors (Lipinski definition) is 0. The Kier molecular flexibility index (Phi) is 11.0. The topological polar surface area (TPSA) is 75.0 Å². The van der Waals surface area contributed by atoms with Gasteiger partial charge in [-0.05, 0) is 76.8 Å². The minimum Gasteiger partial charge on any atom is -0.489 e. The molecule has 38 heavy (non-hydrogen) atoms. The summed E-state index contributed by atoms with van der Waals surface area (Å²) in [5.74, 6) is -0.356. The third-order valence-corrected chi connectivity index (χ3v) is 5.71. The molecule has 0 fully saturated rings. The molecular weight excluding hydrogens is 480 g/mol. The first-order valence-electron chi connectivity index (χ1n) is 13.0. The second-order valence-electron chi connectivity index (χ2n) is 9.13. The van der Waals surface area contributed by atoms with Crippen molar-refractivity contribution < 1.29 is 23.4 Å². The molecule has 0 N–H and O–H groups in total. The summed E-state index contributed by atoms with van der Waals surface area (Å²) in [6.07, 6.45) is 11.7. The molecule has 1 heterocycles. The van der Waals surface area contributed by atoms with E-state index in [9.17, 15) is 9.59 Å². The highest BCUT2D eigenvalue weighted by molar-refractivity contribution is 5.96. The smallest absolute Gasteiger partial charge is 0.383 e. The van der Waals surface area contributed by atoms with Crippen LogP contribution in [-0.4, -0.2) is 19.2 Å². The Morgan fingerprint density at radius 1 is 0.895 bits per heavy atom. The molecule has 2 aromatic carbocycles. The van der Waals surface area contributed by atoms with Gasteiger partial charge in [0.1, 0.15) is 6.61 Å². The highest BCUT2D eigenvalue weighted by Crippen LogP contribution is 2.37. The first-order chi connectivity index (χ1) is 18.4. The van der Waals surface area contributed by atoms with Crippen molar-refractivity contribution in [2.45, 2.75) is 53.4 Å². The molecule has 200 valence electrons. The van der Waals surface area contributed by atoms with E-state index < -0.39 is 11.6 Å². The quantitative estimate of drug-likeness (QED) is 0.0998. The summed E-state index contributed by atoms with van der Waals surface area (Å²) >= 11 is 0. The minimum atomic E-state index is -0.745. The van der Waals surface area contributed by atoms with Gasteiger partial charge in [-0.15, -0.1) is 0 Å². The zero-order valence-electron chi connectivity index (χ0n) is 22.6. The number of benzene rings is 2. The van der Waals surface area contributed by atoms with Gasteiger partial charge in [-0.25, -0.2) is 9.59 Å². The van der Waals surface area contributed by atoms with Gasteiger partial charge in [-0.2, -0.15) is 0 Å². The van der Waals surface area contributed by atoms with E-state index in [1.54, 1.807) is 42.5 Å². The van der Waals surface area contributed by atoms with Crippen molar-refractivity contribution in [1.29, 1.82) is 0 Å². The highest BCUT2D eigenvalue weighted by Gasteiger charge is 2.23. The van der Waals surface area contributed by atoms with Gasteiger partial charge in [-0.1, -0.05) is 60.6 Å². The van der Waals surface area contributed by atoms with Crippen LogP contribution in [0.15, 0.2) is 93.2 Å². The Balaban J connectivity index is 1.94. The van der Waals surface area contributed by atoms with E-state index in [0.29, 0.717) is 29.7 Å². The monoisotopic (exact) mass is 516 g/mol. The largest absolute Gasteiger partial charge is 0.489 e. The molecule has 3 rings (SSSR count). The van der Waals surface area contributed by atoms with Gasteiger partial charge in [-0.3, -0.25) is 0 Å². The molecule has 6 heteroatoms. The third-order valence-electron chi connectivity index (χ3n) is 5.71. The fourth-order valence-corrected chi connectivity index (χ4v) is 3.70. The van der Waals surface area contributed by atoms with Crippen molar-refractivity contribution in [3.05, 3.63) is 100.0 Å². The van der Waals surface area contributed by atoms with E-state index in [1.807, 2.05) is 25.1 Å². The van der Waals surface area contributed by atoms with E-state index in [4.69, 9.17) is 18.6 Å². The van der Waals surface area contributed by atoms with E-state index in [2.05, 4.69) is 32.9 Å². The van der Waals surface area contributed by atoms with Gasteiger partial charge in [0.25, 0.3) is 0 Å². The lowest BCUT2D eigenvalue weighted by Gasteiger charge is -2.14. The summed E-state index contributed by atoms with van der Waals surface area (Å²) < 4.78 is 23.1. The number of ether oxygens (including phenoxy) is 3. The van der Waals surface area contributed by atoms with Crippen molar-refractivity contribution in [3.8, 4) is 17.2 Å². The van der Waals surface area contributed by atoms with Crippen molar-refractivity contribution in [1.82, 2.24) is 0 Å². The first kappa shape index (κ1) is 28.5. The molecule has 0 spiro atoms. The second kappa shape index (κ2) is 14.6. The Morgan fingerprint density at radius 2 is 1.68 bits per heavy atom. The van der Waals surface area contributed by atoms with Crippen molar-refractivity contribution >= 4 is 16.9 Å². The number of fused-ring (bicyclic) bond motifs is 1. The van der Waals surface area contributed by atoms with Gasteiger partial charge < -0.3 is 18.6 Å². The first-order valence-corrected chi connectivity index (χ1v) is 13.0. The standard InChI is InChI=1S/C32H36O6/c1-5-6-7-11-21-35-27-19-13-18-26-28(27)37-32(34)30(36-22-20-24(4)15-12-14-23(2)3)29(26)38-31(33)25-16-9-8-10-17-25/h6-10,13-14,16-20H,5,11-12,15,21-22H2,1-4H3/b7-6+,24-20+. The molecule has 0 aliphatic carbocycles. The highest BCUT2D eigenvalue weighted by atomic mass is 16.6. The van der Waals surface area contributed by atoms with Gasteiger partial charge >= 0.3 is 11.6 Å². The van der Waals surface area contributed by atoms with Crippen LogP contribution in [0.2, 0.25) is 0 Å². The molecule has 6 nitrogen and oxygen atoms in total. The molecule has 0 aliphatic heterocycles. The summed E-state index contributed by atoms with van der Waals surface area (Å²) in [6.45, 7) is 8.76. The summed E-state index contributed by atoms with van der Waals surface area (Å²) in [4.78, 5) is 26.1. The van der Waals surface area contributed by atoms with Crippen LogP contribution >= 0.6 is 0 Å². The van der Waals surface area contributed by atoms with Gasteiger partial charge in [0, 0.05) is 0 Å². The summed E-state index contributed by atoms with van der Waals surface area (Å²) in [6, 6.07) is 13.8. The Hall–Kier alpha value is -4.06. The zero-order chi connectivity index (χ0) is 27.3. The molecule has 0 saturated heterocycles. The maximum Gasteiger partial charge on any atom is 0.383 e. The third kappa shape index (κ3) is 8.23. The fraction of sp³-hybridized carbons (Fsp3) is 0.312. The van der Waals surface area contributed by atoms with Crippen LogP contribution in [0.1, 0.15) is 63.7 Å². The number of hydrogen-bond acceptors (Lipinski definition) is 6. The molecule has 0 saturated carbocycles. The lowest BCUT2D eigenvalue weighted by atomic mass is 10.1. The van der Waals surface area contributed by atoms with Gasteiger partial charge in [0.2, 0.25) is 5.75 Å². The van der Waals surface area contributed by atoms with Crippen LogP contribution in [0.5, 0.6) is 17.2 Å². The van der Waals surface area contributed by atoms with Crippen molar-refractivity contribution in [3.63, 3.8) is 0 Å². The molecule has 3 aromatic rings. The lowest BCUT2D eigenvalue weighted by molar-refractivity contribution is 0.0730. The van der Waals surface area contributed by atoms with E-state index in [0.717, 1.165) is 24.8 Å². The Morgan fingerprint density at radius 3 is 2.42 bits per heavy atom. The van der Waals surface area contributed by atoms with Crippen LogP contribution < -0.4 is 19.8 Å². The van der Waals surface area contributed by atoms with Crippen LogP contribution in [0.4, 0.5) is 0 Å². The number of rotatable bonds is 13. The number of allylic oxidation sites excluding steroid dienone is 4. The van der Waals surface area contributed by atoms with Crippen LogP contribution in [0.25, 0.3) is 11.0 Å². The molecule has 0 bridgehead atoms. The predicted octanol–water partition coefficient (Wildman–Crippen LogP) is 7.82. The molecule has 0 aliphatic rings. The molecular formula is C32H36O6. The second-order valence-corrected chi connectivity index (χ2v) is 9.13. The Labute approximate surface area is 224 Å². The molecule has 0 atom stereocenters. The normalized spacial score (nSPS) is 11.5. The molecule has 0 radical (unpaired) electrons. The number of carbonyl (C=O) groups excluding carboxylic acids is 1. The van der Waals surface area contributed by atoms with Gasteiger partial charge in [0.05, 0.1) is 17.6 Å². The number of esters is 1. The van der Waals surface area contributed by atoms with Crippen molar-refractivity contribution in [2.75, 3.05) is 13.2 Å². The van der Waals surface area contributed by atoms with Crippen LogP contribution in [-0.2, 0) is 0 Å². The van der Waals surface area contributed by atoms with Gasteiger partial charge in [0.15, 0.2) is 17.1 Å². The maximum atomic E-state index is 13.1. The number of para-hydroxylation sites is 1. The molecule has 1 aromatic heterocycles. The molecule has 0 amide bonds. The maximum absolute atomic E-state index is 13.1. The SMILES string of the molecule is CC/C=C/CCOc1cccc2c(OC(=O)c3ccccc3)c(OC/C=C(\C)CCC=C(C)C)c(=O)oc12. The van der Waals surface area contributed by atoms with Crippen LogP contribution in [0.3, 0.4) is 0 Å². The lowest BCUT2D eigenvalue weighted by Crippen LogP contribution is -2.15. The summed E-state index contributed by atoms with van der Waals surface area (Å²) in [5.41, 5.74) is 2.21. The average Bonchev–Trinajstić information content (AvgIpc) is 2.90. The fourth-order valence-electron chi connectivity index (χ4n) is 3.70. The van der Waals surface area contributed by atoms with E-state index in [-0.39, 0.29) is 23.7 Å². The zero-order valence-corrected chi connectivity index (χ0v) is 22.6. The molecule has 0 unspecified atom stereocenters.